The van der Waals surface area contributed by atoms with E-state index in [1.807, 2.05) is 26.8 Å². The Hall–Kier alpha value is -2.96. The molecule has 0 bridgehead atoms. The Morgan fingerprint density at radius 1 is 1.07 bits per heavy atom. The van der Waals surface area contributed by atoms with Crippen molar-refractivity contribution in [2.45, 2.75) is 33.6 Å². The maximum atomic E-state index is 13.4. The number of halogens is 2. The molecular weight excluding hydrogens is 354 g/mol. The fourth-order valence-corrected chi connectivity index (χ4v) is 2.85. The number of hydrazine groups is 1. The van der Waals surface area contributed by atoms with Crippen LogP contribution >= 0.6 is 0 Å². The Labute approximate surface area is 156 Å². The molecule has 0 fully saturated rings. The summed E-state index contributed by atoms with van der Waals surface area (Å²) in [7, 11) is 1.29. The number of hydrogen-bond donors (Lipinski definition) is 2. The molecule has 2 N–H and O–H groups in total. The summed E-state index contributed by atoms with van der Waals surface area (Å²) in [6.07, 6.45) is 0.393. The summed E-state index contributed by atoms with van der Waals surface area (Å²) in [5, 5.41) is 0. The van der Waals surface area contributed by atoms with Crippen LogP contribution < -0.4 is 15.6 Å². The highest BCUT2D eigenvalue weighted by Gasteiger charge is 2.16. The molecule has 0 saturated heterocycles. The van der Waals surface area contributed by atoms with Crippen molar-refractivity contribution in [3.8, 4) is 5.75 Å². The molecule has 7 heteroatoms. The number of hydrogen-bond acceptors (Lipinski definition) is 3. The van der Waals surface area contributed by atoms with Crippen molar-refractivity contribution >= 4 is 11.8 Å². The van der Waals surface area contributed by atoms with Gasteiger partial charge in [0.25, 0.3) is 5.91 Å². The predicted octanol–water partition coefficient (Wildman–Crippen LogP) is 3.16. The number of benzene rings is 2. The zero-order valence-electron chi connectivity index (χ0n) is 15.7. The number of ether oxygens (including phenoxy) is 1. The van der Waals surface area contributed by atoms with Gasteiger partial charge in [0, 0.05) is 17.2 Å². The van der Waals surface area contributed by atoms with Gasteiger partial charge in [0.15, 0.2) is 11.6 Å². The fraction of sp³-hybridized carbons (Fsp3) is 0.300. The van der Waals surface area contributed by atoms with Crippen molar-refractivity contribution < 1.29 is 23.1 Å². The van der Waals surface area contributed by atoms with Gasteiger partial charge in [-0.1, -0.05) is 13.0 Å². The molecule has 0 spiro atoms. The van der Waals surface area contributed by atoms with E-state index in [2.05, 4.69) is 10.9 Å². The van der Waals surface area contributed by atoms with Crippen molar-refractivity contribution in [1.82, 2.24) is 10.9 Å². The standard InChI is InChI=1S/C20H22F2N2O3/c1-5-14-12(3)11(2)6-7-15(14)20(26)24-23-19(25)9-13-8-16(21)17(22)10-18(13)27-4/h6-8,10H,5,9H2,1-4H3,(H,23,25)(H,24,26). The predicted molar refractivity (Wildman–Crippen MR) is 97.5 cm³/mol. The van der Waals surface area contributed by atoms with E-state index < -0.39 is 23.4 Å². The first-order valence-corrected chi connectivity index (χ1v) is 8.48. The van der Waals surface area contributed by atoms with Crippen molar-refractivity contribution in [3.05, 3.63) is 63.7 Å². The van der Waals surface area contributed by atoms with Gasteiger partial charge >= 0.3 is 0 Å². The lowest BCUT2D eigenvalue weighted by Gasteiger charge is -2.14. The van der Waals surface area contributed by atoms with Gasteiger partial charge in [-0.15, -0.1) is 0 Å². The highest BCUT2D eigenvalue weighted by molar-refractivity contribution is 5.97. The van der Waals surface area contributed by atoms with E-state index in [1.165, 1.54) is 7.11 Å². The summed E-state index contributed by atoms with van der Waals surface area (Å²) in [5.74, 6) is -3.12. The molecule has 2 aromatic rings. The molecule has 144 valence electrons. The SMILES string of the molecule is CCc1c(C(=O)NNC(=O)Cc2cc(F)c(F)cc2OC)ccc(C)c1C. The van der Waals surface area contributed by atoms with Crippen LogP contribution in [0.1, 0.15) is 39.5 Å². The molecule has 0 radical (unpaired) electrons. The molecule has 5 nitrogen and oxygen atoms in total. The van der Waals surface area contributed by atoms with E-state index in [1.54, 1.807) is 6.07 Å². The van der Waals surface area contributed by atoms with Gasteiger partial charge in [-0.05, 0) is 49.1 Å². The molecule has 27 heavy (non-hydrogen) atoms. The van der Waals surface area contributed by atoms with Crippen molar-refractivity contribution in [2.75, 3.05) is 7.11 Å². The van der Waals surface area contributed by atoms with Crippen LogP contribution in [-0.2, 0) is 17.6 Å². The first kappa shape index (κ1) is 20.4. The van der Waals surface area contributed by atoms with Crippen LogP contribution in [0.4, 0.5) is 8.78 Å². The Kier molecular flexibility index (Phi) is 6.50. The lowest BCUT2D eigenvalue weighted by atomic mass is 9.95. The minimum absolute atomic E-state index is 0.0535. The average Bonchev–Trinajstić information content (AvgIpc) is 2.64. The molecule has 2 rings (SSSR count). The molecule has 0 atom stereocenters. The number of aryl methyl sites for hydroxylation is 1. The number of methoxy groups -OCH3 is 1. The monoisotopic (exact) mass is 376 g/mol. The van der Waals surface area contributed by atoms with Crippen molar-refractivity contribution in [3.63, 3.8) is 0 Å². The van der Waals surface area contributed by atoms with Gasteiger partial charge in [0.05, 0.1) is 13.5 Å². The van der Waals surface area contributed by atoms with E-state index in [0.717, 1.165) is 28.8 Å². The third kappa shape index (κ3) is 4.61. The molecule has 0 aliphatic heterocycles. The molecule has 0 aliphatic rings. The third-order valence-electron chi connectivity index (χ3n) is 4.46. The lowest BCUT2D eigenvalue weighted by molar-refractivity contribution is -0.121. The van der Waals surface area contributed by atoms with Gasteiger partial charge in [0.1, 0.15) is 5.75 Å². The second kappa shape index (κ2) is 8.62. The van der Waals surface area contributed by atoms with Crippen LogP contribution in [0.15, 0.2) is 24.3 Å². The molecule has 2 aromatic carbocycles. The van der Waals surface area contributed by atoms with E-state index in [9.17, 15) is 18.4 Å². The normalized spacial score (nSPS) is 10.4. The number of rotatable bonds is 5. The molecule has 0 aliphatic carbocycles. The highest BCUT2D eigenvalue weighted by atomic mass is 19.2. The fourth-order valence-electron chi connectivity index (χ4n) is 2.85. The van der Waals surface area contributed by atoms with E-state index in [4.69, 9.17) is 4.74 Å². The zero-order chi connectivity index (χ0) is 20.1. The zero-order valence-corrected chi connectivity index (χ0v) is 15.7. The summed E-state index contributed by atoms with van der Waals surface area (Å²) in [6, 6.07) is 5.33. The van der Waals surface area contributed by atoms with E-state index in [-0.39, 0.29) is 17.7 Å². The maximum absolute atomic E-state index is 13.4. The first-order valence-electron chi connectivity index (χ1n) is 8.48. The summed E-state index contributed by atoms with van der Waals surface area (Å²) in [6.45, 7) is 5.86. The Morgan fingerprint density at radius 2 is 1.74 bits per heavy atom. The van der Waals surface area contributed by atoms with Crippen molar-refractivity contribution in [2.24, 2.45) is 0 Å². The summed E-state index contributed by atoms with van der Waals surface area (Å²) >= 11 is 0. The quantitative estimate of drug-likeness (QED) is 0.788. The van der Waals surface area contributed by atoms with Crippen molar-refractivity contribution in [1.29, 1.82) is 0 Å². The van der Waals surface area contributed by atoms with E-state index >= 15 is 0 Å². The largest absolute Gasteiger partial charge is 0.496 e. The van der Waals surface area contributed by atoms with Crippen LogP contribution in [0.2, 0.25) is 0 Å². The number of amides is 2. The Morgan fingerprint density at radius 3 is 2.37 bits per heavy atom. The average molecular weight is 376 g/mol. The Bertz CT molecular complexity index is 882. The lowest BCUT2D eigenvalue weighted by Crippen LogP contribution is -2.42. The highest BCUT2D eigenvalue weighted by Crippen LogP contribution is 2.22. The first-order chi connectivity index (χ1) is 12.8. The maximum Gasteiger partial charge on any atom is 0.269 e. The molecule has 0 unspecified atom stereocenters. The van der Waals surface area contributed by atoms with Crippen LogP contribution in [0, 0.1) is 25.5 Å². The van der Waals surface area contributed by atoms with Crippen LogP contribution in [0.5, 0.6) is 5.75 Å². The minimum Gasteiger partial charge on any atom is -0.496 e. The third-order valence-corrected chi connectivity index (χ3v) is 4.46. The van der Waals surface area contributed by atoms with Gasteiger partial charge in [-0.25, -0.2) is 8.78 Å². The van der Waals surface area contributed by atoms with E-state index in [0.29, 0.717) is 12.0 Å². The number of carbonyl (C=O) groups is 2. The molecule has 2 amide bonds. The summed E-state index contributed by atoms with van der Waals surface area (Å²) in [5.41, 5.74) is 8.31. The molecule has 0 saturated carbocycles. The summed E-state index contributed by atoms with van der Waals surface area (Å²) < 4.78 is 31.6. The van der Waals surface area contributed by atoms with Gasteiger partial charge in [-0.3, -0.25) is 20.4 Å². The molecule has 0 heterocycles. The summed E-state index contributed by atoms with van der Waals surface area (Å²) in [4.78, 5) is 24.5. The minimum atomic E-state index is -1.08. The second-order valence-corrected chi connectivity index (χ2v) is 6.14. The Balaban J connectivity index is 2.07. The van der Waals surface area contributed by atoms with Crippen LogP contribution in [0.25, 0.3) is 0 Å². The number of nitrogens with one attached hydrogen (secondary N) is 2. The van der Waals surface area contributed by atoms with Crippen LogP contribution in [-0.4, -0.2) is 18.9 Å². The topological polar surface area (TPSA) is 67.4 Å². The molecular formula is C20H22F2N2O3. The second-order valence-electron chi connectivity index (χ2n) is 6.14. The van der Waals surface area contributed by atoms with Gasteiger partial charge in [-0.2, -0.15) is 0 Å². The molecule has 0 aromatic heterocycles. The smallest absolute Gasteiger partial charge is 0.269 e. The van der Waals surface area contributed by atoms with Crippen LogP contribution in [0.3, 0.4) is 0 Å². The van der Waals surface area contributed by atoms with Gasteiger partial charge in [0.2, 0.25) is 5.91 Å². The number of carbonyl (C=O) groups excluding carboxylic acids is 2. The van der Waals surface area contributed by atoms with Gasteiger partial charge < -0.3 is 4.74 Å².